The van der Waals surface area contributed by atoms with E-state index in [0.29, 0.717) is 13.1 Å². The number of amides is 3. The molecule has 1 aromatic rings. The van der Waals surface area contributed by atoms with Gasteiger partial charge in [-0.15, -0.1) is 0 Å². The molecule has 0 bridgehead atoms. The number of nitrogens with one attached hydrogen (secondary N) is 2. The summed E-state index contributed by atoms with van der Waals surface area (Å²) in [5, 5.41) is 14.4. The van der Waals surface area contributed by atoms with Crippen molar-refractivity contribution in [3.8, 4) is 5.75 Å². The van der Waals surface area contributed by atoms with E-state index in [1.54, 1.807) is 4.90 Å². The Labute approximate surface area is 204 Å². The largest absolute Gasteiger partial charge is 0.481 e. The molecule has 0 spiro atoms. The topological polar surface area (TPSA) is 125 Å². The average molecular weight is 517 g/mol. The van der Waals surface area contributed by atoms with Gasteiger partial charge in [-0.3, -0.25) is 14.4 Å². The minimum atomic E-state index is -1.86. The highest BCUT2D eigenvalue weighted by atomic mass is 19.2. The van der Waals surface area contributed by atoms with Gasteiger partial charge in [0, 0.05) is 31.1 Å². The maximum absolute atomic E-state index is 13.7. The molecule has 3 N–H and O–H groups in total. The van der Waals surface area contributed by atoms with Crippen molar-refractivity contribution in [2.45, 2.75) is 57.0 Å². The lowest BCUT2D eigenvalue weighted by Crippen LogP contribution is -2.51. The minimum absolute atomic E-state index is 0.0313. The number of urea groups is 1. The standard InChI is InChI=1S/C23H27F4N3O6/c24-14-9-15(25)20(27)21(19(14)26)36-11-17(31)16(10-18(32)33)29-22(34)12-5-7-30(8-6-12)23(35)28-13-3-1-2-4-13/h9,12-13,16H,1-8,10-11H2,(H,28,35)(H,29,34)(H,32,33)/t16-/m0/s1. The summed E-state index contributed by atoms with van der Waals surface area (Å²) < 4.78 is 58.7. The second kappa shape index (κ2) is 12.0. The summed E-state index contributed by atoms with van der Waals surface area (Å²) in [7, 11) is 0. The van der Waals surface area contributed by atoms with Crippen LogP contribution in [-0.2, 0) is 14.4 Å². The zero-order valence-corrected chi connectivity index (χ0v) is 19.3. The van der Waals surface area contributed by atoms with E-state index in [9.17, 15) is 36.7 Å². The van der Waals surface area contributed by atoms with Crippen molar-refractivity contribution in [2.24, 2.45) is 5.92 Å². The van der Waals surface area contributed by atoms with Crippen molar-refractivity contribution in [3.05, 3.63) is 29.3 Å². The highest BCUT2D eigenvalue weighted by molar-refractivity contribution is 5.93. The number of aliphatic carboxylic acids is 1. The normalized spacial score (nSPS) is 17.5. The molecule has 36 heavy (non-hydrogen) atoms. The third-order valence-corrected chi connectivity index (χ3v) is 6.35. The van der Waals surface area contributed by atoms with E-state index in [1.807, 2.05) is 0 Å². The van der Waals surface area contributed by atoms with Crippen molar-refractivity contribution in [3.63, 3.8) is 0 Å². The van der Waals surface area contributed by atoms with Gasteiger partial charge < -0.3 is 25.4 Å². The molecule has 0 aromatic heterocycles. The number of carbonyl (C=O) groups excluding carboxylic acids is 3. The number of Topliss-reactive ketones (excluding diaryl/α,β-unsaturated/α-hetero) is 1. The summed E-state index contributed by atoms with van der Waals surface area (Å²) in [6.07, 6.45) is 3.72. The van der Waals surface area contributed by atoms with Crippen LogP contribution in [0.25, 0.3) is 0 Å². The number of hydrogen-bond acceptors (Lipinski definition) is 5. The maximum Gasteiger partial charge on any atom is 0.317 e. The summed E-state index contributed by atoms with van der Waals surface area (Å²) >= 11 is 0. The summed E-state index contributed by atoms with van der Waals surface area (Å²) in [5.41, 5.74) is 0. The fraction of sp³-hybridized carbons (Fsp3) is 0.565. The molecular weight excluding hydrogens is 490 g/mol. The van der Waals surface area contributed by atoms with E-state index < -0.39 is 71.7 Å². The van der Waals surface area contributed by atoms with Crippen LogP contribution >= 0.6 is 0 Å². The average Bonchev–Trinajstić information content (AvgIpc) is 3.35. The van der Waals surface area contributed by atoms with Crippen molar-refractivity contribution in [2.75, 3.05) is 19.7 Å². The first-order valence-electron chi connectivity index (χ1n) is 11.6. The molecule has 1 atom stereocenters. The molecule has 0 radical (unpaired) electrons. The molecule has 198 valence electrons. The fourth-order valence-corrected chi connectivity index (χ4v) is 4.31. The lowest BCUT2D eigenvalue weighted by molar-refractivity contribution is -0.141. The molecule has 1 aliphatic heterocycles. The van der Waals surface area contributed by atoms with E-state index in [0.717, 1.165) is 25.7 Å². The summed E-state index contributed by atoms with van der Waals surface area (Å²) in [6, 6.07) is -1.70. The number of ether oxygens (including phenoxy) is 1. The van der Waals surface area contributed by atoms with Gasteiger partial charge in [0.25, 0.3) is 0 Å². The second-order valence-corrected chi connectivity index (χ2v) is 8.90. The van der Waals surface area contributed by atoms with Gasteiger partial charge in [0.15, 0.2) is 23.2 Å². The molecule has 1 aromatic carbocycles. The SMILES string of the molecule is O=C(O)C[C@H](NC(=O)C1CCN(C(=O)NC2CCCC2)CC1)C(=O)COc1c(F)c(F)cc(F)c1F. The van der Waals surface area contributed by atoms with Gasteiger partial charge in [0.05, 0.1) is 6.42 Å². The quantitative estimate of drug-likeness (QED) is 0.342. The van der Waals surface area contributed by atoms with Gasteiger partial charge in [-0.1, -0.05) is 12.8 Å². The van der Waals surface area contributed by atoms with Crippen molar-refractivity contribution in [1.82, 2.24) is 15.5 Å². The first-order valence-corrected chi connectivity index (χ1v) is 11.6. The van der Waals surface area contributed by atoms with Gasteiger partial charge in [-0.05, 0) is 25.7 Å². The Kier molecular flexibility index (Phi) is 9.10. The monoisotopic (exact) mass is 517 g/mol. The number of carbonyl (C=O) groups is 4. The van der Waals surface area contributed by atoms with Gasteiger partial charge in [-0.25, -0.2) is 13.6 Å². The highest BCUT2D eigenvalue weighted by Gasteiger charge is 2.32. The third-order valence-electron chi connectivity index (χ3n) is 6.35. The van der Waals surface area contributed by atoms with E-state index in [2.05, 4.69) is 15.4 Å². The Morgan fingerprint density at radius 1 is 1.00 bits per heavy atom. The Hall–Kier alpha value is -3.38. The van der Waals surface area contributed by atoms with E-state index in [-0.39, 0.29) is 31.0 Å². The third kappa shape index (κ3) is 6.85. The molecular formula is C23H27F4N3O6. The van der Waals surface area contributed by atoms with Crippen molar-refractivity contribution >= 4 is 23.7 Å². The number of carboxylic acids is 1. The Bertz CT molecular complexity index is 984. The number of hydrogen-bond donors (Lipinski definition) is 3. The summed E-state index contributed by atoms with van der Waals surface area (Å²) in [4.78, 5) is 50.3. The molecule has 1 aliphatic carbocycles. The molecule has 13 heteroatoms. The zero-order valence-electron chi connectivity index (χ0n) is 19.3. The van der Waals surface area contributed by atoms with Crippen LogP contribution in [-0.4, -0.2) is 65.5 Å². The van der Waals surface area contributed by atoms with Crippen LogP contribution in [0.2, 0.25) is 0 Å². The van der Waals surface area contributed by atoms with Crippen molar-refractivity contribution < 1.29 is 46.6 Å². The van der Waals surface area contributed by atoms with E-state index in [4.69, 9.17) is 5.11 Å². The first kappa shape index (κ1) is 27.2. The lowest BCUT2D eigenvalue weighted by Gasteiger charge is -2.32. The first-order chi connectivity index (χ1) is 17.1. The number of rotatable bonds is 9. The minimum Gasteiger partial charge on any atom is -0.481 e. The van der Waals surface area contributed by atoms with Crippen LogP contribution in [0.5, 0.6) is 5.75 Å². The smallest absolute Gasteiger partial charge is 0.317 e. The number of halogens is 4. The van der Waals surface area contributed by atoms with Gasteiger partial charge in [-0.2, -0.15) is 8.78 Å². The van der Waals surface area contributed by atoms with Gasteiger partial charge in [0.1, 0.15) is 12.6 Å². The number of benzene rings is 1. The van der Waals surface area contributed by atoms with Gasteiger partial charge in [0.2, 0.25) is 17.5 Å². The molecule has 3 amide bonds. The van der Waals surface area contributed by atoms with E-state index in [1.165, 1.54) is 0 Å². The number of ketones is 1. The lowest BCUT2D eigenvalue weighted by atomic mass is 9.95. The molecule has 1 saturated carbocycles. The van der Waals surface area contributed by atoms with Crippen LogP contribution in [0.15, 0.2) is 6.07 Å². The summed E-state index contributed by atoms with van der Waals surface area (Å²) in [6.45, 7) is -0.559. The predicted octanol–water partition coefficient (Wildman–Crippen LogP) is 2.51. The Morgan fingerprint density at radius 3 is 2.14 bits per heavy atom. The van der Waals surface area contributed by atoms with E-state index >= 15 is 0 Å². The zero-order chi connectivity index (χ0) is 26.4. The molecule has 0 unspecified atom stereocenters. The maximum atomic E-state index is 13.7. The Balaban J connectivity index is 1.55. The molecule has 2 aliphatic rings. The molecule has 9 nitrogen and oxygen atoms in total. The molecule has 1 saturated heterocycles. The van der Waals surface area contributed by atoms with Crippen LogP contribution in [0.4, 0.5) is 22.4 Å². The Morgan fingerprint density at radius 2 is 1.58 bits per heavy atom. The predicted molar refractivity (Wildman–Crippen MR) is 116 cm³/mol. The molecule has 3 rings (SSSR count). The fourth-order valence-electron chi connectivity index (χ4n) is 4.31. The number of nitrogens with zero attached hydrogens (tertiary/aromatic N) is 1. The number of likely N-dealkylation sites (tertiary alicyclic amines) is 1. The number of carboxylic acid groups (broad SMARTS) is 1. The van der Waals surface area contributed by atoms with Crippen molar-refractivity contribution in [1.29, 1.82) is 0 Å². The van der Waals surface area contributed by atoms with Crippen LogP contribution in [0.3, 0.4) is 0 Å². The highest BCUT2D eigenvalue weighted by Crippen LogP contribution is 2.26. The van der Waals surface area contributed by atoms with Crippen LogP contribution in [0, 0.1) is 29.2 Å². The summed E-state index contributed by atoms with van der Waals surface area (Å²) in [5.74, 6) is -12.4. The number of piperidine rings is 1. The van der Waals surface area contributed by atoms with Crippen LogP contribution in [0.1, 0.15) is 44.9 Å². The van der Waals surface area contributed by atoms with Crippen LogP contribution < -0.4 is 15.4 Å². The second-order valence-electron chi connectivity index (χ2n) is 8.90. The molecule has 2 fully saturated rings. The molecule has 1 heterocycles. The van der Waals surface area contributed by atoms with Gasteiger partial charge >= 0.3 is 12.0 Å².